The van der Waals surface area contributed by atoms with Crippen molar-refractivity contribution in [1.82, 2.24) is 0 Å². The van der Waals surface area contributed by atoms with Crippen LogP contribution in [0.4, 0.5) is 0 Å². The Kier molecular flexibility index (Phi) is 7.07. The monoisotopic (exact) mass is 432 g/mol. The van der Waals surface area contributed by atoms with Gasteiger partial charge in [0.25, 0.3) is 0 Å². The predicted octanol–water partition coefficient (Wildman–Crippen LogP) is 8.10. The van der Waals surface area contributed by atoms with Gasteiger partial charge < -0.3 is 9.53 Å². The second-order valence-electron chi connectivity index (χ2n) is 12.7. The van der Waals surface area contributed by atoms with E-state index in [0.717, 1.165) is 54.6 Å². The molecule has 180 valence electrons. The van der Waals surface area contributed by atoms with Gasteiger partial charge in [-0.15, -0.1) is 0 Å². The SMILES string of the molecule is CC(C)CCC[C@@H](C)[C@H]1CCC2[C@@H]3CC=C4C[C@@H](OCC=O)CC[C@]4(C)C3CC[C@@]21C.[HH].[HH]. The first-order valence-electron chi connectivity index (χ1n) is 13.5. The second-order valence-corrected chi connectivity index (χ2v) is 12.7. The Labute approximate surface area is 194 Å². The molecule has 0 aromatic carbocycles. The lowest BCUT2D eigenvalue weighted by molar-refractivity contribution is -0.115. The molecule has 0 spiro atoms. The topological polar surface area (TPSA) is 26.3 Å². The molecule has 4 aliphatic carbocycles. The van der Waals surface area contributed by atoms with Gasteiger partial charge in [0.15, 0.2) is 0 Å². The third kappa shape index (κ3) is 4.32. The van der Waals surface area contributed by atoms with Crippen LogP contribution in [0, 0.1) is 46.3 Å². The zero-order valence-electron chi connectivity index (χ0n) is 21.0. The summed E-state index contributed by atoms with van der Waals surface area (Å²) in [6.07, 6.45) is 18.6. The molecule has 0 amide bonds. The van der Waals surface area contributed by atoms with Crippen LogP contribution in [0.5, 0.6) is 0 Å². The number of allylic oxidation sites excluding steroid dienone is 1. The van der Waals surface area contributed by atoms with Crippen molar-refractivity contribution in [1.29, 1.82) is 0 Å². The minimum atomic E-state index is 0. The molecule has 0 bridgehead atoms. The standard InChI is InChI=1S/C29H48O2.2H2/c1-20(2)7-6-8-21(3)25-11-12-26-24-10-9-22-19-23(31-18-17-30)13-15-28(22,4)27(24)14-16-29(25,26)5;;/h9,17,20-21,23-27H,6-8,10-16,18-19H2,1-5H3;2*1H/t21-,23+,24+,25-,26?,27?,28+,29-;;/m1../s1. The molecule has 0 N–H and O–H groups in total. The van der Waals surface area contributed by atoms with E-state index < -0.39 is 0 Å². The van der Waals surface area contributed by atoms with Crippen molar-refractivity contribution in [3.05, 3.63) is 11.6 Å². The Morgan fingerprint density at radius 2 is 1.90 bits per heavy atom. The van der Waals surface area contributed by atoms with Crippen LogP contribution in [-0.4, -0.2) is 19.0 Å². The Bertz CT molecular complexity index is 677. The highest BCUT2D eigenvalue weighted by atomic mass is 16.5. The summed E-state index contributed by atoms with van der Waals surface area (Å²) in [7, 11) is 0. The summed E-state index contributed by atoms with van der Waals surface area (Å²) < 4.78 is 5.83. The molecule has 3 saturated carbocycles. The summed E-state index contributed by atoms with van der Waals surface area (Å²) in [4.78, 5) is 10.7. The minimum absolute atomic E-state index is 0. The molecule has 0 aromatic rings. The molecule has 4 aliphatic rings. The van der Waals surface area contributed by atoms with E-state index in [-0.39, 0.29) is 15.6 Å². The average molecular weight is 433 g/mol. The largest absolute Gasteiger partial charge is 0.370 e. The molecule has 2 nitrogen and oxygen atoms in total. The van der Waals surface area contributed by atoms with Crippen LogP contribution >= 0.6 is 0 Å². The molecule has 8 atom stereocenters. The van der Waals surface area contributed by atoms with Crippen molar-refractivity contribution in [3.63, 3.8) is 0 Å². The molecular weight excluding hydrogens is 380 g/mol. The van der Waals surface area contributed by atoms with Gasteiger partial charge in [-0.05, 0) is 97.7 Å². The van der Waals surface area contributed by atoms with Crippen LogP contribution < -0.4 is 0 Å². The van der Waals surface area contributed by atoms with E-state index in [2.05, 4.69) is 40.7 Å². The first-order chi connectivity index (χ1) is 14.8. The van der Waals surface area contributed by atoms with Crippen molar-refractivity contribution in [2.24, 2.45) is 46.3 Å². The van der Waals surface area contributed by atoms with E-state index in [1.165, 1.54) is 57.8 Å². The van der Waals surface area contributed by atoms with Gasteiger partial charge >= 0.3 is 0 Å². The molecule has 0 heterocycles. The fourth-order valence-electron chi connectivity index (χ4n) is 8.97. The summed E-state index contributed by atoms with van der Waals surface area (Å²) in [5.41, 5.74) is 2.62. The fraction of sp³-hybridized carbons (Fsp3) is 0.897. The van der Waals surface area contributed by atoms with Crippen LogP contribution in [0.15, 0.2) is 11.6 Å². The summed E-state index contributed by atoms with van der Waals surface area (Å²) in [6.45, 7) is 12.8. The zero-order chi connectivity index (χ0) is 22.2. The van der Waals surface area contributed by atoms with Crippen LogP contribution in [0.25, 0.3) is 0 Å². The molecule has 0 radical (unpaired) electrons. The first kappa shape index (κ1) is 23.5. The summed E-state index contributed by atoms with van der Waals surface area (Å²) >= 11 is 0. The molecular formula is C29H52O2. The average Bonchev–Trinajstić information content (AvgIpc) is 3.09. The summed E-state index contributed by atoms with van der Waals surface area (Å²) in [5.74, 6) is 5.37. The number of ether oxygens (including phenoxy) is 1. The smallest absolute Gasteiger partial charge is 0.145 e. The van der Waals surface area contributed by atoms with Gasteiger partial charge in [0.1, 0.15) is 12.9 Å². The van der Waals surface area contributed by atoms with Gasteiger partial charge in [0.05, 0.1) is 6.10 Å². The maximum absolute atomic E-state index is 10.7. The molecule has 4 rings (SSSR count). The molecule has 3 fully saturated rings. The maximum atomic E-state index is 10.7. The normalized spacial score (nSPS) is 43.0. The highest BCUT2D eigenvalue weighted by Crippen LogP contribution is 2.67. The summed E-state index contributed by atoms with van der Waals surface area (Å²) in [5, 5.41) is 0. The summed E-state index contributed by atoms with van der Waals surface area (Å²) in [6, 6.07) is 0. The third-order valence-corrected chi connectivity index (χ3v) is 10.7. The highest BCUT2D eigenvalue weighted by Gasteiger charge is 2.59. The van der Waals surface area contributed by atoms with Gasteiger partial charge in [-0.1, -0.05) is 65.5 Å². The van der Waals surface area contributed by atoms with E-state index in [9.17, 15) is 4.79 Å². The first-order valence-corrected chi connectivity index (χ1v) is 13.5. The van der Waals surface area contributed by atoms with Crippen molar-refractivity contribution < 1.29 is 12.4 Å². The second kappa shape index (κ2) is 9.32. The molecule has 0 saturated heterocycles. The fourth-order valence-corrected chi connectivity index (χ4v) is 8.97. The quantitative estimate of drug-likeness (QED) is 0.286. The van der Waals surface area contributed by atoms with Gasteiger partial charge in [-0.25, -0.2) is 0 Å². The van der Waals surface area contributed by atoms with E-state index in [4.69, 9.17) is 4.74 Å². The lowest BCUT2D eigenvalue weighted by Crippen LogP contribution is -2.51. The molecule has 2 heteroatoms. The molecule has 2 unspecified atom stereocenters. The van der Waals surface area contributed by atoms with Gasteiger partial charge in [0.2, 0.25) is 0 Å². The lowest BCUT2D eigenvalue weighted by Gasteiger charge is -2.58. The maximum Gasteiger partial charge on any atom is 0.145 e. The van der Waals surface area contributed by atoms with Crippen LogP contribution in [0.1, 0.15) is 108 Å². The molecule has 0 aromatic heterocycles. The van der Waals surface area contributed by atoms with Crippen LogP contribution in [0.2, 0.25) is 0 Å². The number of carbonyl (C=O) groups excluding carboxylic acids is 1. The molecule has 0 aliphatic heterocycles. The Morgan fingerprint density at radius 3 is 2.65 bits per heavy atom. The number of hydrogen-bond donors (Lipinski definition) is 0. The predicted molar refractivity (Wildman–Crippen MR) is 133 cm³/mol. The number of hydrogen-bond acceptors (Lipinski definition) is 2. The lowest BCUT2D eigenvalue weighted by atomic mass is 9.47. The van der Waals surface area contributed by atoms with Crippen molar-refractivity contribution in [3.8, 4) is 0 Å². The van der Waals surface area contributed by atoms with Crippen LogP contribution in [0.3, 0.4) is 0 Å². The zero-order valence-corrected chi connectivity index (χ0v) is 21.0. The number of rotatable bonds is 8. The minimum Gasteiger partial charge on any atom is -0.370 e. The number of aldehydes is 1. The Balaban J connectivity index is 0.00000193. The van der Waals surface area contributed by atoms with Gasteiger partial charge in [0, 0.05) is 2.85 Å². The third-order valence-electron chi connectivity index (χ3n) is 10.7. The van der Waals surface area contributed by atoms with E-state index in [1.807, 2.05) is 0 Å². The van der Waals surface area contributed by atoms with Gasteiger partial charge in [-0.3, -0.25) is 0 Å². The highest BCUT2D eigenvalue weighted by molar-refractivity contribution is 5.50. The van der Waals surface area contributed by atoms with Crippen molar-refractivity contribution in [2.45, 2.75) is 111 Å². The number of carbonyl (C=O) groups is 1. The van der Waals surface area contributed by atoms with Crippen LogP contribution in [-0.2, 0) is 9.53 Å². The van der Waals surface area contributed by atoms with E-state index >= 15 is 0 Å². The van der Waals surface area contributed by atoms with Gasteiger partial charge in [-0.2, -0.15) is 0 Å². The van der Waals surface area contributed by atoms with Crippen molar-refractivity contribution >= 4 is 6.29 Å². The van der Waals surface area contributed by atoms with E-state index in [1.54, 1.807) is 5.57 Å². The number of fused-ring (bicyclic) bond motifs is 5. The Morgan fingerprint density at radius 1 is 1.10 bits per heavy atom. The van der Waals surface area contributed by atoms with Crippen molar-refractivity contribution in [2.75, 3.05) is 6.61 Å². The molecule has 31 heavy (non-hydrogen) atoms. The Hall–Kier alpha value is -0.630. The van der Waals surface area contributed by atoms with E-state index in [0.29, 0.717) is 10.8 Å².